The molecule has 0 saturated heterocycles. The lowest BCUT2D eigenvalue weighted by Gasteiger charge is -2.16. The summed E-state index contributed by atoms with van der Waals surface area (Å²) in [5.41, 5.74) is -0.158. The highest BCUT2D eigenvalue weighted by atomic mass is 19.4. The molecule has 0 aliphatic heterocycles. The van der Waals surface area contributed by atoms with Crippen LogP contribution in [0.15, 0.2) is 41.2 Å². The Labute approximate surface area is 144 Å². The van der Waals surface area contributed by atoms with Gasteiger partial charge in [0.1, 0.15) is 23.7 Å². The van der Waals surface area contributed by atoms with Gasteiger partial charge in [-0.2, -0.15) is 17.9 Å². The topological polar surface area (TPSA) is 93.0 Å². The van der Waals surface area contributed by atoms with Crippen LogP contribution in [0.5, 0.6) is 11.5 Å². The van der Waals surface area contributed by atoms with Crippen LogP contribution in [0.2, 0.25) is 0 Å². The van der Waals surface area contributed by atoms with Crippen LogP contribution < -0.4 is 10.4 Å². The first-order valence-corrected chi connectivity index (χ1v) is 7.39. The summed E-state index contributed by atoms with van der Waals surface area (Å²) in [5.74, 6) is -0.951. The van der Waals surface area contributed by atoms with Gasteiger partial charge in [-0.1, -0.05) is 12.1 Å². The highest BCUT2D eigenvalue weighted by molar-refractivity contribution is 5.46. The molecule has 0 saturated carbocycles. The van der Waals surface area contributed by atoms with Gasteiger partial charge in [-0.25, -0.2) is 9.89 Å². The SMILES string of the molecule is Cc1cccc(-n2nn[nH]c2=O)c1COc1ccc(O)cc1C(F)(F)F. The summed E-state index contributed by atoms with van der Waals surface area (Å²) in [6.07, 6.45) is -4.69. The number of hydrogen-bond acceptors (Lipinski definition) is 5. The van der Waals surface area contributed by atoms with E-state index >= 15 is 0 Å². The molecule has 0 spiro atoms. The zero-order valence-electron chi connectivity index (χ0n) is 13.4. The Hall–Kier alpha value is -3.30. The molecule has 0 amide bonds. The van der Waals surface area contributed by atoms with E-state index < -0.39 is 28.9 Å². The predicted octanol–water partition coefficient (Wildman–Crippen LogP) is 2.57. The maximum Gasteiger partial charge on any atom is 0.420 e. The van der Waals surface area contributed by atoms with Crippen molar-refractivity contribution < 1.29 is 23.0 Å². The van der Waals surface area contributed by atoms with Crippen molar-refractivity contribution in [2.45, 2.75) is 19.7 Å². The Kier molecular flexibility index (Phi) is 4.41. The van der Waals surface area contributed by atoms with Crippen LogP contribution in [0.1, 0.15) is 16.7 Å². The minimum absolute atomic E-state index is 0.241. The number of tetrazole rings is 1. The fourth-order valence-corrected chi connectivity index (χ4v) is 2.44. The van der Waals surface area contributed by atoms with E-state index in [0.717, 1.165) is 16.8 Å². The number of H-pyrrole nitrogens is 1. The average Bonchev–Trinajstić information content (AvgIpc) is 2.99. The van der Waals surface area contributed by atoms with E-state index in [4.69, 9.17) is 4.74 Å². The lowest BCUT2D eigenvalue weighted by molar-refractivity contribution is -0.139. The third-order valence-corrected chi connectivity index (χ3v) is 3.73. The molecule has 1 aromatic heterocycles. The van der Waals surface area contributed by atoms with E-state index in [1.165, 1.54) is 0 Å². The van der Waals surface area contributed by atoms with Gasteiger partial charge in [0.25, 0.3) is 0 Å². The maximum atomic E-state index is 13.1. The first-order valence-electron chi connectivity index (χ1n) is 7.39. The number of ether oxygens (including phenoxy) is 1. The van der Waals surface area contributed by atoms with Gasteiger partial charge < -0.3 is 9.84 Å². The molecule has 0 atom stereocenters. The average molecular weight is 366 g/mol. The van der Waals surface area contributed by atoms with Gasteiger partial charge in [0.15, 0.2) is 0 Å². The third-order valence-electron chi connectivity index (χ3n) is 3.73. The molecule has 0 aliphatic rings. The molecule has 10 heteroatoms. The molecule has 0 bridgehead atoms. The maximum absolute atomic E-state index is 13.1. The molecule has 3 aromatic rings. The third kappa shape index (κ3) is 3.39. The van der Waals surface area contributed by atoms with E-state index in [-0.39, 0.29) is 6.61 Å². The van der Waals surface area contributed by atoms with Crippen LogP contribution in [-0.4, -0.2) is 25.3 Å². The van der Waals surface area contributed by atoms with E-state index in [9.17, 15) is 23.1 Å². The Morgan fingerprint density at radius 3 is 2.69 bits per heavy atom. The molecule has 0 unspecified atom stereocenters. The number of alkyl halides is 3. The highest BCUT2D eigenvalue weighted by Gasteiger charge is 2.35. The van der Waals surface area contributed by atoms with Crippen LogP contribution in [-0.2, 0) is 12.8 Å². The summed E-state index contributed by atoms with van der Waals surface area (Å²) in [6, 6.07) is 7.73. The van der Waals surface area contributed by atoms with Crippen LogP contribution in [0.3, 0.4) is 0 Å². The number of aryl methyl sites for hydroxylation is 1. The van der Waals surface area contributed by atoms with Gasteiger partial charge in [-0.15, -0.1) is 0 Å². The van der Waals surface area contributed by atoms with Gasteiger partial charge in [0.05, 0.1) is 5.69 Å². The number of phenols is 1. The summed E-state index contributed by atoms with van der Waals surface area (Å²) >= 11 is 0. The summed E-state index contributed by atoms with van der Waals surface area (Å²) in [6.45, 7) is 1.49. The Morgan fingerprint density at radius 1 is 1.27 bits per heavy atom. The molecule has 26 heavy (non-hydrogen) atoms. The van der Waals surface area contributed by atoms with Crippen molar-refractivity contribution in [1.29, 1.82) is 0 Å². The molecule has 1 heterocycles. The van der Waals surface area contributed by atoms with E-state index in [1.54, 1.807) is 25.1 Å². The van der Waals surface area contributed by atoms with Crippen molar-refractivity contribution in [2.75, 3.05) is 0 Å². The normalized spacial score (nSPS) is 11.5. The van der Waals surface area contributed by atoms with Crippen molar-refractivity contribution in [2.24, 2.45) is 0 Å². The Bertz CT molecular complexity index is 995. The van der Waals surface area contributed by atoms with Crippen LogP contribution in [0.25, 0.3) is 5.69 Å². The van der Waals surface area contributed by atoms with E-state index in [2.05, 4.69) is 15.5 Å². The summed E-state index contributed by atoms with van der Waals surface area (Å²) in [7, 11) is 0. The van der Waals surface area contributed by atoms with Crippen molar-refractivity contribution in [1.82, 2.24) is 20.2 Å². The second-order valence-electron chi connectivity index (χ2n) is 5.46. The predicted molar refractivity (Wildman–Crippen MR) is 84.2 cm³/mol. The minimum Gasteiger partial charge on any atom is -0.508 e. The number of halogens is 3. The van der Waals surface area contributed by atoms with Crippen molar-refractivity contribution in [3.05, 3.63) is 63.6 Å². The summed E-state index contributed by atoms with van der Waals surface area (Å²) in [4.78, 5) is 11.7. The first-order chi connectivity index (χ1) is 12.3. The monoisotopic (exact) mass is 366 g/mol. The molecule has 7 nitrogen and oxygen atoms in total. The molecule has 0 fully saturated rings. The lowest BCUT2D eigenvalue weighted by Crippen LogP contribution is -2.19. The Balaban J connectivity index is 1.97. The molecule has 3 rings (SSSR count). The van der Waals surface area contributed by atoms with Crippen LogP contribution in [0.4, 0.5) is 13.2 Å². The van der Waals surface area contributed by atoms with Gasteiger partial charge in [0.2, 0.25) is 0 Å². The number of aromatic amines is 1. The quantitative estimate of drug-likeness (QED) is 0.740. The number of aromatic hydroxyl groups is 1. The fourth-order valence-electron chi connectivity index (χ4n) is 2.44. The molecular formula is C16H13F3N4O3. The van der Waals surface area contributed by atoms with Crippen molar-refractivity contribution in [3.8, 4) is 17.2 Å². The molecular weight excluding hydrogens is 353 g/mol. The zero-order chi connectivity index (χ0) is 18.9. The summed E-state index contributed by atoms with van der Waals surface area (Å²) in [5, 5.41) is 18.5. The standard InChI is InChI=1S/C16H13F3N4O3/c1-9-3-2-4-13(23-15(25)20-21-22-23)11(9)8-26-14-6-5-10(24)7-12(14)16(17,18)19/h2-7,24H,8H2,1H3,(H,20,22,25). The fraction of sp³-hybridized carbons (Fsp3) is 0.188. The van der Waals surface area contributed by atoms with Crippen molar-refractivity contribution >= 4 is 0 Å². The second kappa shape index (κ2) is 6.54. The van der Waals surface area contributed by atoms with E-state index in [1.807, 2.05) is 0 Å². The van der Waals surface area contributed by atoms with Gasteiger partial charge >= 0.3 is 11.9 Å². The zero-order valence-corrected chi connectivity index (χ0v) is 13.4. The number of phenolic OH excluding ortho intramolecular Hbond substituents is 1. The van der Waals surface area contributed by atoms with Crippen molar-refractivity contribution in [3.63, 3.8) is 0 Å². The number of nitrogens with zero attached hydrogens (tertiary/aromatic N) is 3. The number of hydrogen-bond donors (Lipinski definition) is 2. The Morgan fingerprint density at radius 2 is 2.04 bits per heavy atom. The van der Waals surface area contributed by atoms with Gasteiger partial charge in [-0.05, 0) is 47.2 Å². The second-order valence-corrected chi connectivity index (χ2v) is 5.46. The first kappa shape index (κ1) is 17.5. The number of nitrogens with one attached hydrogen (secondary N) is 1. The molecule has 0 aliphatic carbocycles. The van der Waals surface area contributed by atoms with Gasteiger partial charge in [0, 0.05) is 5.56 Å². The smallest absolute Gasteiger partial charge is 0.420 e. The largest absolute Gasteiger partial charge is 0.508 e. The molecule has 136 valence electrons. The summed E-state index contributed by atoms with van der Waals surface area (Å²) < 4.78 is 45.7. The highest BCUT2D eigenvalue weighted by Crippen LogP contribution is 2.38. The minimum atomic E-state index is -4.69. The molecule has 2 N–H and O–H groups in total. The van der Waals surface area contributed by atoms with E-state index in [0.29, 0.717) is 22.9 Å². The molecule has 0 radical (unpaired) electrons. The number of aromatic nitrogens is 4. The number of benzene rings is 2. The lowest BCUT2D eigenvalue weighted by atomic mass is 10.1. The number of rotatable bonds is 4. The van der Waals surface area contributed by atoms with Crippen LogP contribution >= 0.6 is 0 Å². The van der Waals surface area contributed by atoms with Crippen LogP contribution in [0, 0.1) is 6.92 Å². The molecule has 2 aromatic carbocycles. The van der Waals surface area contributed by atoms with Gasteiger partial charge in [-0.3, -0.25) is 0 Å².